The maximum Gasteiger partial charge on any atom is 0.0249 e. The fourth-order valence-corrected chi connectivity index (χ4v) is 1.84. The van der Waals surface area contributed by atoms with E-state index in [0.717, 1.165) is 0 Å². The Morgan fingerprint density at radius 1 is 1.50 bits per heavy atom. The second kappa shape index (κ2) is 3.22. The molecular formula is C8H7BrI. The van der Waals surface area contributed by atoms with Gasteiger partial charge in [-0.25, -0.2) is 0 Å². The maximum atomic E-state index is 3.51. The van der Waals surface area contributed by atoms with Crippen LogP contribution in [0.25, 0.3) is 0 Å². The Labute approximate surface area is 83.3 Å². The van der Waals surface area contributed by atoms with Crippen LogP contribution in [0.15, 0.2) is 10.5 Å². The number of hydrogen-bond donors (Lipinski definition) is 0. The SMILES string of the molecule is Cc1c[c]c(I)c(C)c1Br. The molecule has 0 unspecified atom stereocenters. The van der Waals surface area contributed by atoms with Crippen LogP contribution in [0.1, 0.15) is 11.1 Å². The highest BCUT2D eigenvalue weighted by molar-refractivity contribution is 14.1. The average Bonchev–Trinajstić information content (AvgIpc) is 1.93. The molecule has 0 spiro atoms. The molecule has 2 heteroatoms. The third-order valence-corrected chi connectivity index (χ3v) is 3.76. The molecule has 0 aromatic heterocycles. The highest BCUT2D eigenvalue weighted by atomic mass is 127. The normalized spacial score (nSPS) is 10.0. The van der Waals surface area contributed by atoms with E-state index < -0.39 is 0 Å². The molecule has 0 aliphatic heterocycles. The van der Waals surface area contributed by atoms with Crippen LogP contribution in [0.4, 0.5) is 0 Å². The van der Waals surface area contributed by atoms with Gasteiger partial charge < -0.3 is 0 Å². The molecule has 0 atom stereocenters. The first kappa shape index (κ1) is 8.53. The Hall–Kier alpha value is 0.430. The summed E-state index contributed by atoms with van der Waals surface area (Å²) >= 11 is 5.79. The van der Waals surface area contributed by atoms with Crippen LogP contribution in [-0.4, -0.2) is 0 Å². The summed E-state index contributed by atoms with van der Waals surface area (Å²) in [5, 5.41) is 0. The molecule has 0 saturated heterocycles. The van der Waals surface area contributed by atoms with Crippen LogP contribution in [0.5, 0.6) is 0 Å². The molecule has 1 aromatic carbocycles. The van der Waals surface area contributed by atoms with Gasteiger partial charge in [-0.3, -0.25) is 0 Å². The van der Waals surface area contributed by atoms with Crippen LogP contribution in [0, 0.1) is 23.5 Å². The van der Waals surface area contributed by atoms with Crippen molar-refractivity contribution in [3.63, 3.8) is 0 Å². The number of rotatable bonds is 0. The molecule has 53 valence electrons. The Kier molecular flexibility index (Phi) is 2.74. The fraction of sp³-hybridized carbons (Fsp3) is 0.250. The van der Waals surface area contributed by atoms with Gasteiger partial charge in [-0.05, 0) is 59.7 Å². The topological polar surface area (TPSA) is 0 Å². The van der Waals surface area contributed by atoms with E-state index in [1.165, 1.54) is 19.2 Å². The minimum Gasteiger partial charge on any atom is -0.0502 e. The van der Waals surface area contributed by atoms with Crippen LogP contribution < -0.4 is 0 Å². The molecular weight excluding hydrogens is 303 g/mol. The van der Waals surface area contributed by atoms with Gasteiger partial charge in [0, 0.05) is 8.04 Å². The molecule has 0 amide bonds. The highest BCUT2D eigenvalue weighted by Crippen LogP contribution is 2.24. The zero-order chi connectivity index (χ0) is 7.72. The first-order valence-electron chi connectivity index (χ1n) is 2.96. The molecule has 1 aromatic rings. The lowest BCUT2D eigenvalue weighted by Gasteiger charge is -2.02. The van der Waals surface area contributed by atoms with Gasteiger partial charge in [-0.15, -0.1) is 0 Å². The highest BCUT2D eigenvalue weighted by Gasteiger charge is 2.01. The second-order valence-corrected chi connectivity index (χ2v) is 4.10. The monoisotopic (exact) mass is 309 g/mol. The smallest absolute Gasteiger partial charge is 0.0249 e. The van der Waals surface area contributed by atoms with Gasteiger partial charge in [-0.1, -0.05) is 15.9 Å². The summed E-state index contributed by atoms with van der Waals surface area (Å²) in [7, 11) is 0. The van der Waals surface area contributed by atoms with Gasteiger partial charge >= 0.3 is 0 Å². The molecule has 0 saturated carbocycles. The Morgan fingerprint density at radius 2 is 2.10 bits per heavy atom. The molecule has 0 fully saturated rings. The lowest BCUT2D eigenvalue weighted by Crippen LogP contribution is -1.85. The maximum absolute atomic E-state index is 3.51. The van der Waals surface area contributed by atoms with Crippen molar-refractivity contribution in [2.24, 2.45) is 0 Å². The van der Waals surface area contributed by atoms with E-state index in [2.05, 4.69) is 58.4 Å². The van der Waals surface area contributed by atoms with Crippen molar-refractivity contribution in [3.8, 4) is 0 Å². The molecule has 10 heavy (non-hydrogen) atoms. The third kappa shape index (κ3) is 1.53. The van der Waals surface area contributed by atoms with Crippen LogP contribution in [0.3, 0.4) is 0 Å². The van der Waals surface area contributed by atoms with E-state index in [9.17, 15) is 0 Å². The van der Waals surface area contributed by atoms with Gasteiger partial charge in [0.2, 0.25) is 0 Å². The lowest BCUT2D eigenvalue weighted by atomic mass is 10.2. The van der Waals surface area contributed by atoms with Gasteiger partial charge in [0.1, 0.15) is 0 Å². The van der Waals surface area contributed by atoms with E-state index in [1.54, 1.807) is 0 Å². The molecule has 1 radical (unpaired) electrons. The van der Waals surface area contributed by atoms with Gasteiger partial charge in [-0.2, -0.15) is 0 Å². The lowest BCUT2D eigenvalue weighted by molar-refractivity contribution is 1.31. The Morgan fingerprint density at radius 3 is 2.60 bits per heavy atom. The summed E-state index contributed by atoms with van der Waals surface area (Å²) in [5.41, 5.74) is 2.53. The van der Waals surface area contributed by atoms with E-state index >= 15 is 0 Å². The number of benzene rings is 1. The largest absolute Gasteiger partial charge is 0.0502 e. The minimum absolute atomic E-state index is 1.19. The molecule has 0 N–H and O–H groups in total. The fourth-order valence-electron chi connectivity index (χ4n) is 0.735. The van der Waals surface area contributed by atoms with E-state index in [1.807, 2.05) is 6.07 Å². The van der Waals surface area contributed by atoms with Crippen molar-refractivity contribution in [1.29, 1.82) is 0 Å². The molecule has 0 aliphatic rings. The molecule has 0 nitrogen and oxygen atoms in total. The average molecular weight is 310 g/mol. The van der Waals surface area contributed by atoms with Gasteiger partial charge in [0.05, 0.1) is 0 Å². The van der Waals surface area contributed by atoms with Crippen LogP contribution >= 0.6 is 38.5 Å². The van der Waals surface area contributed by atoms with E-state index in [4.69, 9.17) is 0 Å². The van der Waals surface area contributed by atoms with Gasteiger partial charge in [0.15, 0.2) is 0 Å². The van der Waals surface area contributed by atoms with Crippen molar-refractivity contribution >= 4 is 38.5 Å². The Balaban J connectivity index is 3.34. The van der Waals surface area contributed by atoms with Crippen molar-refractivity contribution < 1.29 is 0 Å². The number of halogens is 2. The zero-order valence-corrected chi connectivity index (χ0v) is 9.58. The van der Waals surface area contributed by atoms with Crippen LogP contribution in [0.2, 0.25) is 0 Å². The molecule has 0 heterocycles. The first-order chi connectivity index (χ1) is 4.63. The predicted octanol–water partition coefficient (Wildman–Crippen LogP) is 3.47. The van der Waals surface area contributed by atoms with Crippen molar-refractivity contribution in [3.05, 3.63) is 31.3 Å². The Bertz CT molecular complexity index is 229. The number of hydrogen-bond acceptors (Lipinski definition) is 0. The number of aryl methyl sites for hydroxylation is 1. The summed E-state index contributed by atoms with van der Waals surface area (Å²) < 4.78 is 2.39. The summed E-state index contributed by atoms with van der Waals surface area (Å²) in [5.74, 6) is 0. The van der Waals surface area contributed by atoms with Crippen molar-refractivity contribution in [2.45, 2.75) is 13.8 Å². The molecule has 0 aliphatic carbocycles. The molecule has 1 rings (SSSR count). The summed E-state index contributed by atoms with van der Waals surface area (Å²) in [4.78, 5) is 0. The quantitative estimate of drug-likeness (QED) is 0.644. The van der Waals surface area contributed by atoms with Crippen molar-refractivity contribution in [2.75, 3.05) is 0 Å². The van der Waals surface area contributed by atoms with Gasteiger partial charge in [0.25, 0.3) is 0 Å². The molecule has 0 bridgehead atoms. The van der Waals surface area contributed by atoms with Crippen molar-refractivity contribution in [1.82, 2.24) is 0 Å². The minimum atomic E-state index is 1.19. The first-order valence-corrected chi connectivity index (χ1v) is 4.83. The standard InChI is InChI=1S/C8H7BrI/c1-5-3-4-7(10)6(2)8(5)9/h3H,1-2H3. The second-order valence-electron chi connectivity index (χ2n) is 2.22. The predicted molar refractivity (Wildman–Crippen MR) is 55.2 cm³/mol. The van der Waals surface area contributed by atoms with Crippen LogP contribution in [-0.2, 0) is 0 Å². The summed E-state index contributed by atoms with van der Waals surface area (Å²) in [6, 6.07) is 5.16. The van der Waals surface area contributed by atoms with E-state index in [-0.39, 0.29) is 0 Å². The zero-order valence-electron chi connectivity index (χ0n) is 5.83. The third-order valence-electron chi connectivity index (χ3n) is 1.42. The summed E-state index contributed by atoms with van der Waals surface area (Å²) in [6.07, 6.45) is 0. The summed E-state index contributed by atoms with van der Waals surface area (Å²) in [6.45, 7) is 4.17. The van der Waals surface area contributed by atoms with E-state index in [0.29, 0.717) is 0 Å².